The smallest absolute Gasteiger partial charge is 0.246 e. The van der Waals surface area contributed by atoms with Crippen molar-refractivity contribution in [3.8, 4) is 5.75 Å². The molecule has 1 unspecified atom stereocenters. The molecule has 0 aliphatic carbocycles. The number of rotatable bonds is 5. The average molecular weight is 323 g/mol. The monoisotopic (exact) mass is 322 g/mol. The summed E-state index contributed by atoms with van der Waals surface area (Å²) in [6, 6.07) is 10.7. The summed E-state index contributed by atoms with van der Waals surface area (Å²) in [7, 11) is 1.58. The van der Waals surface area contributed by atoms with Crippen molar-refractivity contribution in [2.24, 2.45) is 0 Å². The van der Waals surface area contributed by atoms with E-state index in [-0.39, 0.29) is 16.6 Å². The number of ether oxygens (including phenoxy) is 1. The van der Waals surface area contributed by atoms with E-state index in [0.29, 0.717) is 0 Å². The van der Waals surface area contributed by atoms with Crippen LogP contribution in [-0.4, -0.2) is 19.1 Å². The molecule has 0 saturated heterocycles. The number of methoxy groups -OCH3 is 1. The third-order valence-corrected chi connectivity index (χ3v) is 3.29. The van der Waals surface area contributed by atoms with Crippen molar-refractivity contribution in [1.82, 2.24) is 0 Å². The van der Waals surface area contributed by atoms with Crippen LogP contribution in [0.15, 0.2) is 42.5 Å². The van der Waals surface area contributed by atoms with Gasteiger partial charge in [-0.3, -0.25) is 4.79 Å². The Morgan fingerprint density at radius 1 is 1.23 bits per heavy atom. The predicted molar refractivity (Wildman–Crippen MR) is 86.1 cm³/mol. The molecule has 2 rings (SSSR count). The second-order valence-electron chi connectivity index (χ2n) is 4.71. The number of hydrogen-bond acceptors (Lipinski definition) is 3. The van der Waals surface area contributed by atoms with Gasteiger partial charge in [-0.05, 0) is 49.4 Å². The van der Waals surface area contributed by atoms with Crippen LogP contribution in [0.1, 0.15) is 6.92 Å². The SMILES string of the molecule is COc1ccc(NC(C)C(=O)Nc2ccc(Cl)cc2F)cc1. The van der Waals surface area contributed by atoms with Crippen molar-refractivity contribution in [3.05, 3.63) is 53.3 Å². The topological polar surface area (TPSA) is 50.4 Å². The minimum Gasteiger partial charge on any atom is -0.497 e. The Hall–Kier alpha value is -2.27. The van der Waals surface area contributed by atoms with Crippen molar-refractivity contribution in [3.63, 3.8) is 0 Å². The van der Waals surface area contributed by atoms with Gasteiger partial charge in [0.2, 0.25) is 5.91 Å². The number of hydrogen-bond donors (Lipinski definition) is 2. The molecule has 0 fully saturated rings. The van der Waals surface area contributed by atoms with Crippen LogP contribution in [0.5, 0.6) is 5.75 Å². The lowest BCUT2D eigenvalue weighted by Gasteiger charge is -2.16. The lowest BCUT2D eigenvalue weighted by molar-refractivity contribution is -0.116. The molecule has 0 bridgehead atoms. The molecule has 1 amide bonds. The fourth-order valence-corrected chi connectivity index (χ4v) is 1.99. The standard InChI is InChI=1S/C16H16ClFN2O2/c1-10(19-12-4-6-13(22-2)7-5-12)16(21)20-15-8-3-11(17)9-14(15)18/h3-10,19H,1-2H3,(H,20,21). The Kier molecular flexibility index (Phi) is 5.22. The number of carbonyl (C=O) groups is 1. The third-order valence-electron chi connectivity index (χ3n) is 3.06. The normalized spacial score (nSPS) is 11.6. The summed E-state index contributed by atoms with van der Waals surface area (Å²) >= 11 is 5.67. The first-order chi connectivity index (χ1) is 10.5. The van der Waals surface area contributed by atoms with Gasteiger partial charge in [-0.1, -0.05) is 11.6 Å². The maximum atomic E-state index is 13.7. The molecule has 0 heterocycles. The van der Waals surface area contributed by atoms with Gasteiger partial charge >= 0.3 is 0 Å². The molecule has 2 aromatic carbocycles. The molecule has 0 saturated carbocycles. The van der Waals surface area contributed by atoms with E-state index < -0.39 is 11.9 Å². The molecule has 0 aromatic heterocycles. The van der Waals surface area contributed by atoms with E-state index in [1.807, 2.05) is 0 Å². The van der Waals surface area contributed by atoms with E-state index in [1.165, 1.54) is 12.1 Å². The van der Waals surface area contributed by atoms with Crippen molar-refractivity contribution in [1.29, 1.82) is 0 Å². The lowest BCUT2D eigenvalue weighted by Crippen LogP contribution is -2.32. The maximum Gasteiger partial charge on any atom is 0.246 e. The molecule has 0 aliphatic heterocycles. The van der Waals surface area contributed by atoms with Crippen molar-refractivity contribution < 1.29 is 13.9 Å². The van der Waals surface area contributed by atoms with Gasteiger partial charge in [0.1, 0.15) is 17.6 Å². The first kappa shape index (κ1) is 16.1. The number of carbonyl (C=O) groups excluding carboxylic acids is 1. The van der Waals surface area contributed by atoms with Crippen LogP contribution < -0.4 is 15.4 Å². The van der Waals surface area contributed by atoms with Gasteiger partial charge < -0.3 is 15.4 Å². The second kappa shape index (κ2) is 7.13. The fraction of sp³-hybridized carbons (Fsp3) is 0.188. The van der Waals surface area contributed by atoms with Crippen LogP contribution in [0.25, 0.3) is 0 Å². The van der Waals surface area contributed by atoms with Gasteiger partial charge in [0.05, 0.1) is 12.8 Å². The van der Waals surface area contributed by atoms with Gasteiger partial charge in [0, 0.05) is 10.7 Å². The zero-order valence-electron chi connectivity index (χ0n) is 12.2. The van der Waals surface area contributed by atoms with Crippen LogP contribution in [0.3, 0.4) is 0 Å². The highest BCUT2D eigenvalue weighted by molar-refractivity contribution is 6.30. The molecule has 6 heteroatoms. The summed E-state index contributed by atoms with van der Waals surface area (Å²) in [4.78, 5) is 12.1. The van der Waals surface area contributed by atoms with Gasteiger partial charge in [-0.25, -0.2) is 4.39 Å². The third kappa shape index (κ3) is 4.11. The van der Waals surface area contributed by atoms with E-state index in [0.717, 1.165) is 17.5 Å². The van der Waals surface area contributed by atoms with Crippen LogP contribution in [-0.2, 0) is 4.79 Å². The highest BCUT2D eigenvalue weighted by Crippen LogP contribution is 2.20. The van der Waals surface area contributed by atoms with E-state index in [4.69, 9.17) is 16.3 Å². The molecule has 0 radical (unpaired) electrons. The van der Waals surface area contributed by atoms with Gasteiger partial charge in [0.25, 0.3) is 0 Å². The Labute approximate surface area is 133 Å². The van der Waals surface area contributed by atoms with Crippen molar-refractivity contribution in [2.75, 3.05) is 17.7 Å². The van der Waals surface area contributed by atoms with Gasteiger partial charge in [0.15, 0.2) is 0 Å². The fourth-order valence-electron chi connectivity index (χ4n) is 1.83. The summed E-state index contributed by atoms with van der Waals surface area (Å²) < 4.78 is 18.7. The zero-order chi connectivity index (χ0) is 16.1. The molecule has 22 heavy (non-hydrogen) atoms. The quantitative estimate of drug-likeness (QED) is 0.877. The van der Waals surface area contributed by atoms with Crippen LogP contribution in [0.2, 0.25) is 5.02 Å². The summed E-state index contributed by atoms with van der Waals surface area (Å²) in [5.41, 5.74) is 0.859. The predicted octanol–water partition coefficient (Wildman–Crippen LogP) is 3.93. The molecule has 2 aromatic rings. The largest absolute Gasteiger partial charge is 0.497 e. The summed E-state index contributed by atoms with van der Waals surface area (Å²) in [6.07, 6.45) is 0. The Morgan fingerprint density at radius 3 is 2.50 bits per heavy atom. The van der Waals surface area contributed by atoms with E-state index >= 15 is 0 Å². The average Bonchev–Trinajstić information content (AvgIpc) is 2.50. The van der Waals surface area contributed by atoms with Crippen molar-refractivity contribution in [2.45, 2.75) is 13.0 Å². The van der Waals surface area contributed by atoms with Crippen LogP contribution in [0.4, 0.5) is 15.8 Å². The second-order valence-corrected chi connectivity index (χ2v) is 5.14. The summed E-state index contributed by atoms with van der Waals surface area (Å²) in [5.74, 6) is -0.194. The molecule has 0 aliphatic rings. The molecular weight excluding hydrogens is 307 g/mol. The van der Waals surface area contributed by atoms with E-state index in [9.17, 15) is 9.18 Å². The Balaban J connectivity index is 1.99. The molecule has 0 spiro atoms. The van der Waals surface area contributed by atoms with Gasteiger partial charge in [-0.2, -0.15) is 0 Å². The molecule has 2 N–H and O–H groups in total. The number of anilines is 2. The minimum atomic E-state index is -0.572. The highest BCUT2D eigenvalue weighted by atomic mass is 35.5. The van der Waals surface area contributed by atoms with E-state index in [2.05, 4.69) is 10.6 Å². The van der Waals surface area contributed by atoms with Crippen LogP contribution >= 0.6 is 11.6 Å². The van der Waals surface area contributed by atoms with E-state index in [1.54, 1.807) is 38.3 Å². The molecule has 4 nitrogen and oxygen atoms in total. The van der Waals surface area contributed by atoms with Crippen molar-refractivity contribution >= 4 is 28.9 Å². The number of halogens is 2. The molecule has 116 valence electrons. The lowest BCUT2D eigenvalue weighted by atomic mass is 10.2. The molecule has 1 atom stereocenters. The summed E-state index contributed by atoms with van der Waals surface area (Å²) in [5, 5.41) is 5.83. The number of nitrogens with one attached hydrogen (secondary N) is 2. The first-order valence-electron chi connectivity index (χ1n) is 6.66. The highest BCUT2D eigenvalue weighted by Gasteiger charge is 2.14. The number of amides is 1. The number of benzene rings is 2. The zero-order valence-corrected chi connectivity index (χ0v) is 12.9. The van der Waals surface area contributed by atoms with Crippen LogP contribution in [0, 0.1) is 5.82 Å². The Bertz CT molecular complexity index is 662. The Morgan fingerprint density at radius 2 is 1.91 bits per heavy atom. The maximum absolute atomic E-state index is 13.7. The molecular formula is C16H16ClFN2O2. The first-order valence-corrected chi connectivity index (χ1v) is 7.04. The summed E-state index contributed by atoms with van der Waals surface area (Å²) in [6.45, 7) is 1.69. The minimum absolute atomic E-state index is 0.0952. The van der Waals surface area contributed by atoms with Gasteiger partial charge in [-0.15, -0.1) is 0 Å².